The molecule has 0 aliphatic heterocycles. The predicted octanol–water partition coefficient (Wildman–Crippen LogP) is 9.68. The topological polar surface area (TPSA) is 118 Å². The second-order valence-corrected chi connectivity index (χ2v) is 13.4. The minimum atomic E-state index is -3.85. The lowest BCUT2D eigenvalue weighted by molar-refractivity contribution is 0.397. The summed E-state index contributed by atoms with van der Waals surface area (Å²) in [6, 6.07) is 14.7. The molecule has 0 aliphatic carbocycles. The Hall–Kier alpha value is -3.24. The standard InChI is InChI=1S/C35H54N6O3S/c1-4-5-6-7-8-9-10-11-12-13-14-15-16-17-18-22-27-36-33-39-34(37-30-23-20-19-21-24-30)41-35(40-33)38-31-26-25-29(2)32(28-31)45(42,43)44-3/h19-21,23-26,28H,4-18,22,27H2,1-3H3,(H3,36,37,38,39,40,41). The Kier molecular flexibility index (Phi) is 16.7. The van der Waals surface area contributed by atoms with Crippen LogP contribution in [-0.4, -0.2) is 37.0 Å². The molecule has 0 bridgehead atoms. The molecule has 0 amide bonds. The zero-order valence-electron chi connectivity index (χ0n) is 27.6. The van der Waals surface area contributed by atoms with Crippen molar-refractivity contribution in [1.82, 2.24) is 15.0 Å². The van der Waals surface area contributed by atoms with E-state index in [0.29, 0.717) is 29.1 Å². The van der Waals surface area contributed by atoms with Gasteiger partial charge in [-0.05, 0) is 43.2 Å². The molecule has 0 aliphatic rings. The number of unbranched alkanes of at least 4 members (excludes halogenated alkanes) is 15. The van der Waals surface area contributed by atoms with E-state index in [9.17, 15) is 8.42 Å². The van der Waals surface area contributed by atoms with E-state index in [4.69, 9.17) is 4.18 Å². The van der Waals surface area contributed by atoms with E-state index in [0.717, 1.165) is 32.2 Å². The number of aryl methyl sites for hydroxylation is 1. The van der Waals surface area contributed by atoms with Crippen molar-refractivity contribution in [3.05, 3.63) is 54.1 Å². The first-order valence-electron chi connectivity index (χ1n) is 16.9. The Bertz CT molecular complexity index is 1350. The largest absolute Gasteiger partial charge is 0.354 e. The smallest absolute Gasteiger partial charge is 0.297 e. The van der Waals surface area contributed by atoms with Gasteiger partial charge in [-0.3, -0.25) is 4.18 Å². The highest BCUT2D eigenvalue weighted by Gasteiger charge is 2.17. The predicted molar refractivity (Wildman–Crippen MR) is 186 cm³/mol. The lowest BCUT2D eigenvalue weighted by Gasteiger charge is -2.13. The molecule has 0 spiro atoms. The van der Waals surface area contributed by atoms with Gasteiger partial charge in [0.25, 0.3) is 10.1 Å². The van der Waals surface area contributed by atoms with E-state index >= 15 is 0 Å². The van der Waals surface area contributed by atoms with Gasteiger partial charge in [0.05, 0.1) is 12.0 Å². The number of aromatic nitrogens is 3. The molecule has 248 valence electrons. The SMILES string of the molecule is CCCCCCCCCCCCCCCCCCNc1nc(Nc2ccccc2)nc(Nc2ccc(C)c(S(=O)(=O)OC)c2)n1. The summed E-state index contributed by atoms with van der Waals surface area (Å²) in [7, 11) is -2.70. The third kappa shape index (κ3) is 14.2. The molecule has 0 saturated heterocycles. The fourth-order valence-electron chi connectivity index (χ4n) is 5.26. The van der Waals surface area contributed by atoms with Gasteiger partial charge in [-0.15, -0.1) is 0 Å². The van der Waals surface area contributed by atoms with Crippen molar-refractivity contribution >= 4 is 39.3 Å². The third-order valence-electron chi connectivity index (χ3n) is 7.91. The van der Waals surface area contributed by atoms with Gasteiger partial charge >= 0.3 is 0 Å². The highest BCUT2D eigenvalue weighted by molar-refractivity contribution is 7.86. The fourth-order valence-corrected chi connectivity index (χ4v) is 6.17. The molecule has 0 fully saturated rings. The average Bonchev–Trinajstić information content (AvgIpc) is 3.04. The van der Waals surface area contributed by atoms with Gasteiger partial charge in [-0.1, -0.05) is 128 Å². The third-order valence-corrected chi connectivity index (χ3v) is 9.33. The molecule has 45 heavy (non-hydrogen) atoms. The first kappa shape index (κ1) is 36.2. The van der Waals surface area contributed by atoms with Crippen molar-refractivity contribution in [2.45, 2.75) is 121 Å². The van der Waals surface area contributed by atoms with Gasteiger partial charge in [-0.25, -0.2) is 0 Å². The van der Waals surface area contributed by atoms with E-state index in [2.05, 4.69) is 37.8 Å². The van der Waals surface area contributed by atoms with Crippen LogP contribution < -0.4 is 16.0 Å². The van der Waals surface area contributed by atoms with Crippen LogP contribution in [0.3, 0.4) is 0 Å². The van der Waals surface area contributed by atoms with Crippen LogP contribution >= 0.6 is 0 Å². The van der Waals surface area contributed by atoms with Gasteiger partial charge in [0.1, 0.15) is 0 Å². The lowest BCUT2D eigenvalue weighted by Crippen LogP contribution is -2.11. The number of nitrogens with zero attached hydrogens (tertiary/aromatic N) is 3. The summed E-state index contributed by atoms with van der Waals surface area (Å²) in [6.07, 6.45) is 21.4. The first-order valence-corrected chi connectivity index (χ1v) is 18.3. The van der Waals surface area contributed by atoms with Gasteiger partial charge in [0.15, 0.2) is 0 Å². The van der Waals surface area contributed by atoms with Gasteiger partial charge in [0.2, 0.25) is 17.8 Å². The molecule has 2 aromatic carbocycles. The molecule has 1 aromatic heterocycles. The molecular formula is C35H54N6O3S. The molecule has 0 unspecified atom stereocenters. The fraction of sp³-hybridized carbons (Fsp3) is 0.571. The molecule has 3 N–H and O–H groups in total. The van der Waals surface area contributed by atoms with E-state index < -0.39 is 10.1 Å². The summed E-state index contributed by atoms with van der Waals surface area (Å²) in [5.74, 6) is 1.12. The quantitative estimate of drug-likeness (QED) is 0.0651. The Labute approximate surface area is 271 Å². The maximum absolute atomic E-state index is 12.4. The monoisotopic (exact) mass is 638 g/mol. The highest BCUT2D eigenvalue weighted by atomic mass is 32.2. The number of rotatable bonds is 24. The zero-order chi connectivity index (χ0) is 32.2. The van der Waals surface area contributed by atoms with Crippen LogP contribution in [0.2, 0.25) is 0 Å². The molecule has 0 saturated carbocycles. The molecule has 0 atom stereocenters. The second-order valence-electron chi connectivity index (χ2n) is 11.8. The molecule has 0 radical (unpaired) electrons. The van der Waals surface area contributed by atoms with E-state index in [-0.39, 0.29) is 4.90 Å². The maximum atomic E-state index is 12.4. The van der Waals surface area contributed by atoms with E-state index in [1.165, 1.54) is 96.0 Å². The van der Waals surface area contributed by atoms with Crippen molar-refractivity contribution in [2.75, 3.05) is 29.6 Å². The van der Waals surface area contributed by atoms with Crippen molar-refractivity contribution in [3.8, 4) is 0 Å². The summed E-state index contributed by atoms with van der Waals surface area (Å²) in [6.45, 7) is 4.76. The normalized spacial score (nSPS) is 11.4. The Balaban J connectivity index is 1.42. The van der Waals surface area contributed by atoms with Crippen LogP contribution in [0.4, 0.5) is 29.2 Å². The van der Waals surface area contributed by atoms with Crippen LogP contribution in [0.25, 0.3) is 0 Å². The van der Waals surface area contributed by atoms with Gasteiger partial charge < -0.3 is 16.0 Å². The van der Waals surface area contributed by atoms with Crippen LogP contribution in [0.5, 0.6) is 0 Å². The summed E-state index contributed by atoms with van der Waals surface area (Å²) in [4.78, 5) is 13.7. The zero-order valence-corrected chi connectivity index (χ0v) is 28.4. The van der Waals surface area contributed by atoms with E-state index in [1.54, 1.807) is 19.1 Å². The van der Waals surface area contributed by atoms with Crippen LogP contribution in [0.15, 0.2) is 53.4 Å². The van der Waals surface area contributed by atoms with Crippen molar-refractivity contribution < 1.29 is 12.6 Å². The van der Waals surface area contributed by atoms with Crippen molar-refractivity contribution in [2.24, 2.45) is 0 Å². The molecule has 10 heteroatoms. The van der Waals surface area contributed by atoms with E-state index in [1.807, 2.05) is 30.3 Å². The summed E-state index contributed by atoms with van der Waals surface area (Å²) >= 11 is 0. The number of hydrogen-bond donors (Lipinski definition) is 3. The number of benzene rings is 2. The number of hydrogen-bond acceptors (Lipinski definition) is 9. The van der Waals surface area contributed by atoms with Crippen LogP contribution in [0.1, 0.15) is 115 Å². The second kappa shape index (κ2) is 20.7. The molecule has 9 nitrogen and oxygen atoms in total. The molecule has 3 rings (SSSR count). The van der Waals surface area contributed by atoms with Crippen LogP contribution in [0, 0.1) is 6.92 Å². The summed E-state index contributed by atoms with van der Waals surface area (Å²) in [5, 5.41) is 9.70. The van der Waals surface area contributed by atoms with Crippen LogP contribution in [-0.2, 0) is 14.3 Å². The minimum absolute atomic E-state index is 0.0912. The summed E-state index contributed by atoms with van der Waals surface area (Å²) < 4.78 is 29.4. The average molecular weight is 639 g/mol. The Morgan fingerprint density at radius 3 is 1.64 bits per heavy atom. The van der Waals surface area contributed by atoms with Gasteiger partial charge in [-0.2, -0.15) is 23.4 Å². The molecule has 3 aromatic rings. The summed E-state index contributed by atoms with van der Waals surface area (Å²) in [5.41, 5.74) is 1.96. The number of para-hydroxylation sites is 1. The maximum Gasteiger partial charge on any atom is 0.297 e. The molecule has 1 heterocycles. The highest BCUT2D eigenvalue weighted by Crippen LogP contribution is 2.24. The minimum Gasteiger partial charge on any atom is -0.354 e. The lowest BCUT2D eigenvalue weighted by atomic mass is 10.0. The number of nitrogens with one attached hydrogen (secondary N) is 3. The van der Waals surface area contributed by atoms with Crippen molar-refractivity contribution in [3.63, 3.8) is 0 Å². The van der Waals surface area contributed by atoms with Crippen molar-refractivity contribution in [1.29, 1.82) is 0 Å². The molecular weight excluding hydrogens is 584 g/mol. The van der Waals surface area contributed by atoms with Gasteiger partial charge in [0, 0.05) is 17.9 Å². The Morgan fingerprint density at radius 2 is 1.11 bits per heavy atom. The first-order chi connectivity index (χ1) is 21.9. The Morgan fingerprint density at radius 1 is 0.622 bits per heavy atom. The number of anilines is 5.